The van der Waals surface area contributed by atoms with E-state index in [0.717, 1.165) is 31.0 Å². The van der Waals surface area contributed by atoms with Crippen LogP contribution >= 0.6 is 24.0 Å². The molecule has 0 saturated carbocycles. The summed E-state index contributed by atoms with van der Waals surface area (Å²) in [6.45, 7) is 4.31. The van der Waals surface area contributed by atoms with Crippen LogP contribution in [0.1, 0.15) is 44.6 Å². The summed E-state index contributed by atoms with van der Waals surface area (Å²) in [5, 5.41) is 6.73. The van der Waals surface area contributed by atoms with Gasteiger partial charge in [0.25, 0.3) is 0 Å². The van der Waals surface area contributed by atoms with Gasteiger partial charge in [-0.2, -0.15) is 0 Å². The van der Waals surface area contributed by atoms with E-state index in [4.69, 9.17) is 19.2 Å². The van der Waals surface area contributed by atoms with Crippen LogP contribution in [0.15, 0.2) is 28.8 Å². The van der Waals surface area contributed by atoms with E-state index in [1.54, 1.807) is 26.9 Å². The van der Waals surface area contributed by atoms with Crippen LogP contribution < -0.4 is 24.8 Å². The summed E-state index contributed by atoms with van der Waals surface area (Å²) in [7, 11) is 4.85. The molecular weight excluding hydrogens is 469 g/mol. The lowest BCUT2D eigenvalue weighted by Crippen LogP contribution is -2.37. The molecule has 1 aliphatic rings. The second-order valence-electron chi connectivity index (χ2n) is 6.51. The zero-order valence-corrected chi connectivity index (χ0v) is 19.8. The van der Waals surface area contributed by atoms with Gasteiger partial charge < -0.3 is 24.8 Å². The SMILES string of the molecule is CCNC(=NCc1cc(OC)c(OC)c(OC)c1)NCCC1=CCCCC1.I. The van der Waals surface area contributed by atoms with Crippen LogP contribution in [-0.2, 0) is 6.54 Å². The lowest BCUT2D eigenvalue weighted by molar-refractivity contribution is 0.324. The second kappa shape index (κ2) is 13.5. The highest BCUT2D eigenvalue weighted by molar-refractivity contribution is 14.0. The molecule has 2 N–H and O–H groups in total. The maximum atomic E-state index is 5.41. The van der Waals surface area contributed by atoms with Crippen molar-refractivity contribution in [1.29, 1.82) is 0 Å². The third-order valence-corrected chi connectivity index (χ3v) is 4.61. The molecule has 1 aliphatic carbocycles. The normalized spacial score (nSPS) is 13.9. The number of ether oxygens (including phenoxy) is 3. The Morgan fingerprint density at radius 2 is 1.75 bits per heavy atom. The molecule has 0 saturated heterocycles. The van der Waals surface area contributed by atoms with Gasteiger partial charge in [-0.3, -0.25) is 0 Å². The molecule has 0 aliphatic heterocycles. The first-order chi connectivity index (χ1) is 13.2. The topological polar surface area (TPSA) is 64.1 Å². The van der Waals surface area contributed by atoms with Gasteiger partial charge in [0.2, 0.25) is 5.75 Å². The Bertz CT molecular complexity index is 637. The number of guanidine groups is 1. The number of allylic oxidation sites excluding steroid dienone is 1. The van der Waals surface area contributed by atoms with Gasteiger partial charge >= 0.3 is 0 Å². The Labute approximate surface area is 186 Å². The van der Waals surface area contributed by atoms with Gasteiger partial charge in [-0.05, 0) is 56.7 Å². The van der Waals surface area contributed by atoms with Gasteiger partial charge in [0.05, 0.1) is 27.9 Å². The van der Waals surface area contributed by atoms with Crippen molar-refractivity contribution in [1.82, 2.24) is 10.6 Å². The number of rotatable bonds is 9. The lowest BCUT2D eigenvalue weighted by atomic mass is 9.97. The van der Waals surface area contributed by atoms with E-state index >= 15 is 0 Å². The van der Waals surface area contributed by atoms with E-state index in [2.05, 4.69) is 23.6 Å². The van der Waals surface area contributed by atoms with Crippen LogP contribution in [0.3, 0.4) is 0 Å². The number of methoxy groups -OCH3 is 3. The molecule has 0 aromatic heterocycles. The fourth-order valence-corrected chi connectivity index (χ4v) is 3.21. The molecule has 6 nitrogen and oxygen atoms in total. The Balaban J connectivity index is 0.00000392. The molecule has 0 atom stereocenters. The lowest BCUT2D eigenvalue weighted by Gasteiger charge is -2.16. The number of nitrogens with zero attached hydrogens (tertiary/aromatic N) is 1. The molecule has 28 heavy (non-hydrogen) atoms. The van der Waals surface area contributed by atoms with Gasteiger partial charge in [0, 0.05) is 13.1 Å². The van der Waals surface area contributed by atoms with Crippen LogP contribution in [0.25, 0.3) is 0 Å². The minimum absolute atomic E-state index is 0. The van der Waals surface area contributed by atoms with Crippen molar-refractivity contribution < 1.29 is 14.2 Å². The molecule has 0 heterocycles. The van der Waals surface area contributed by atoms with Crippen molar-refractivity contribution in [3.05, 3.63) is 29.3 Å². The van der Waals surface area contributed by atoms with Gasteiger partial charge in [-0.15, -0.1) is 24.0 Å². The summed E-state index contributed by atoms with van der Waals surface area (Å²) in [6, 6.07) is 3.86. The monoisotopic (exact) mass is 503 g/mol. The van der Waals surface area contributed by atoms with Crippen molar-refractivity contribution in [2.24, 2.45) is 4.99 Å². The number of aliphatic imine (C=N–C) groups is 1. The summed E-state index contributed by atoms with van der Waals surface area (Å²) in [4.78, 5) is 4.70. The standard InChI is InChI=1S/C21H33N3O3.HI/c1-5-22-21(23-12-11-16-9-7-6-8-10-16)24-15-17-13-18(25-2)20(27-4)19(14-17)26-3;/h9,13-14H,5-8,10-12,15H2,1-4H3,(H2,22,23,24);1H. The Morgan fingerprint density at radius 1 is 1.04 bits per heavy atom. The molecule has 0 unspecified atom stereocenters. The van der Waals surface area contributed by atoms with Crippen molar-refractivity contribution >= 4 is 29.9 Å². The van der Waals surface area contributed by atoms with Gasteiger partial charge in [-0.1, -0.05) is 11.6 Å². The van der Waals surface area contributed by atoms with E-state index in [-0.39, 0.29) is 24.0 Å². The summed E-state index contributed by atoms with van der Waals surface area (Å²) in [5.41, 5.74) is 2.56. The van der Waals surface area contributed by atoms with Crippen molar-refractivity contribution in [3.8, 4) is 17.2 Å². The average Bonchev–Trinajstić information content (AvgIpc) is 2.71. The summed E-state index contributed by atoms with van der Waals surface area (Å²) in [6.07, 6.45) is 8.59. The van der Waals surface area contributed by atoms with Crippen LogP contribution in [0.2, 0.25) is 0 Å². The summed E-state index contributed by atoms with van der Waals surface area (Å²) < 4.78 is 16.2. The first-order valence-electron chi connectivity index (χ1n) is 9.70. The van der Waals surface area contributed by atoms with Crippen LogP contribution in [0.4, 0.5) is 0 Å². The molecule has 0 radical (unpaired) electrons. The third kappa shape index (κ3) is 7.41. The second-order valence-corrected chi connectivity index (χ2v) is 6.51. The zero-order chi connectivity index (χ0) is 19.5. The molecule has 1 aromatic rings. The van der Waals surface area contributed by atoms with E-state index in [1.807, 2.05) is 12.1 Å². The van der Waals surface area contributed by atoms with Crippen molar-refractivity contribution in [2.45, 2.75) is 45.6 Å². The van der Waals surface area contributed by atoms with Gasteiger partial charge in [0.15, 0.2) is 17.5 Å². The Morgan fingerprint density at radius 3 is 2.29 bits per heavy atom. The molecule has 1 aromatic carbocycles. The van der Waals surface area contributed by atoms with Crippen molar-refractivity contribution in [3.63, 3.8) is 0 Å². The van der Waals surface area contributed by atoms with Crippen molar-refractivity contribution in [2.75, 3.05) is 34.4 Å². The van der Waals surface area contributed by atoms with Crippen LogP contribution in [0.5, 0.6) is 17.2 Å². The zero-order valence-electron chi connectivity index (χ0n) is 17.5. The molecule has 0 spiro atoms. The van der Waals surface area contributed by atoms with Gasteiger partial charge in [-0.25, -0.2) is 4.99 Å². The van der Waals surface area contributed by atoms with E-state index < -0.39 is 0 Å². The molecule has 2 rings (SSSR count). The van der Waals surface area contributed by atoms with E-state index in [9.17, 15) is 0 Å². The summed E-state index contributed by atoms with van der Waals surface area (Å²) >= 11 is 0. The van der Waals surface area contributed by atoms with Gasteiger partial charge in [0.1, 0.15) is 0 Å². The molecule has 0 bridgehead atoms. The number of hydrogen-bond donors (Lipinski definition) is 2. The van der Waals surface area contributed by atoms with Crippen LogP contribution in [-0.4, -0.2) is 40.4 Å². The highest BCUT2D eigenvalue weighted by Crippen LogP contribution is 2.38. The average molecular weight is 503 g/mol. The predicted molar refractivity (Wildman–Crippen MR) is 125 cm³/mol. The highest BCUT2D eigenvalue weighted by Gasteiger charge is 2.13. The number of benzene rings is 1. The quantitative estimate of drug-likeness (QED) is 0.228. The first-order valence-corrected chi connectivity index (χ1v) is 9.70. The Hall–Kier alpha value is -1.64. The van der Waals surface area contributed by atoms with E-state index in [1.165, 1.54) is 25.7 Å². The number of hydrogen-bond acceptors (Lipinski definition) is 4. The molecule has 0 fully saturated rings. The molecule has 0 amide bonds. The summed E-state index contributed by atoms with van der Waals surface area (Å²) in [5.74, 6) is 2.70. The number of nitrogens with one attached hydrogen (secondary N) is 2. The smallest absolute Gasteiger partial charge is 0.203 e. The maximum absolute atomic E-state index is 5.41. The molecule has 7 heteroatoms. The maximum Gasteiger partial charge on any atom is 0.203 e. The first kappa shape index (κ1) is 24.4. The van der Waals surface area contributed by atoms with E-state index in [0.29, 0.717) is 23.8 Å². The molecular formula is C21H34IN3O3. The molecule has 158 valence electrons. The fourth-order valence-electron chi connectivity index (χ4n) is 3.21. The number of halogens is 1. The third-order valence-electron chi connectivity index (χ3n) is 4.61. The minimum atomic E-state index is 0. The Kier molecular flexibility index (Phi) is 11.8. The predicted octanol–water partition coefficient (Wildman–Crippen LogP) is 4.28. The van der Waals surface area contributed by atoms with Crippen LogP contribution in [0, 0.1) is 0 Å². The largest absolute Gasteiger partial charge is 0.493 e. The minimum Gasteiger partial charge on any atom is -0.493 e. The highest BCUT2D eigenvalue weighted by atomic mass is 127. The fraction of sp³-hybridized carbons (Fsp3) is 0.571.